The van der Waals surface area contributed by atoms with Gasteiger partial charge in [-0.1, -0.05) is 0 Å². The van der Waals surface area contributed by atoms with Gasteiger partial charge in [-0.25, -0.2) is 4.79 Å². The van der Waals surface area contributed by atoms with Crippen LogP contribution >= 0.6 is 0 Å². The number of H-pyrrole nitrogens is 1. The van der Waals surface area contributed by atoms with Crippen LogP contribution in [0, 0.1) is 6.92 Å². The molecular weight excluding hydrogens is 296 g/mol. The summed E-state index contributed by atoms with van der Waals surface area (Å²) in [4.78, 5) is 25.8. The van der Waals surface area contributed by atoms with E-state index >= 15 is 0 Å². The highest BCUT2D eigenvalue weighted by Gasteiger charge is 2.47. The molecular formula is C13H20N2O7. The number of nitrogens with zero attached hydrogens (tertiary/aromatic N) is 1. The van der Waals surface area contributed by atoms with Crippen molar-refractivity contribution >= 4 is 0 Å². The summed E-state index contributed by atoms with van der Waals surface area (Å²) in [5, 5.41) is 19.5. The number of aromatic amines is 1. The number of nitrogens with one attached hydrogen (secondary N) is 1. The molecule has 1 aliphatic rings. The lowest BCUT2D eigenvalue weighted by Crippen LogP contribution is -2.59. The molecule has 1 unspecified atom stereocenters. The Morgan fingerprint density at radius 1 is 1.36 bits per heavy atom. The molecule has 2 rings (SSSR count). The lowest BCUT2D eigenvalue weighted by atomic mass is 9.96. The molecule has 0 bridgehead atoms. The molecule has 1 aromatic heterocycles. The van der Waals surface area contributed by atoms with Crippen molar-refractivity contribution in [2.75, 3.05) is 20.8 Å². The quantitative estimate of drug-likeness (QED) is 0.594. The fraction of sp³-hybridized carbons (Fsp3) is 0.692. The number of rotatable bonds is 4. The third-order valence-corrected chi connectivity index (χ3v) is 3.79. The number of hydrogen-bond donors (Lipinski definition) is 3. The van der Waals surface area contributed by atoms with Crippen LogP contribution in [0.5, 0.6) is 0 Å². The van der Waals surface area contributed by atoms with Crippen LogP contribution in [-0.4, -0.2) is 65.2 Å². The fourth-order valence-corrected chi connectivity index (χ4v) is 2.62. The first kappa shape index (κ1) is 16.8. The Hall–Kier alpha value is -1.52. The van der Waals surface area contributed by atoms with Gasteiger partial charge in [0, 0.05) is 26.0 Å². The van der Waals surface area contributed by atoms with E-state index in [1.807, 2.05) is 0 Å². The maximum absolute atomic E-state index is 12.1. The zero-order chi connectivity index (χ0) is 16.4. The Morgan fingerprint density at radius 2 is 2.05 bits per heavy atom. The molecule has 2 heterocycles. The first-order chi connectivity index (χ1) is 10.4. The molecule has 1 aliphatic heterocycles. The Bertz CT molecular complexity index is 626. The van der Waals surface area contributed by atoms with E-state index in [-0.39, 0.29) is 0 Å². The predicted octanol–water partition coefficient (Wildman–Crippen LogP) is -1.87. The van der Waals surface area contributed by atoms with Crippen molar-refractivity contribution in [3.63, 3.8) is 0 Å². The molecule has 124 valence electrons. The first-order valence-corrected chi connectivity index (χ1v) is 6.76. The summed E-state index contributed by atoms with van der Waals surface area (Å²) in [5.74, 6) is 0. The topological polar surface area (TPSA) is 123 Å². The minimum atomic E-state index is -1.16. The summed E-state index contributed by atoms with van der Waals surface area (Å²) in [6, 6.07) is -0.823. The third-order valence-electron chi connectivity index (χ3n) is 3.79. The van der Waals surface area contributed by atoms with Crippen molar-refractivity contribution in [1.82, 2.24) is 9.55 Å². The third kappa shape index (κ3) is 2.85. The van der Waals surface area contributed by atoms with Gasteiger partial charge in [0.05, 0.1) is 6.61 Å². The smallest absolute Gasteiger partial charge is 0.328 e. The van der Waals surface area contributed by atoms with Gasteiger partial charge in [0.2, 0.25) is 0 Å². The van der Waals surface area contributed by atoms with Gasteiger partial charge in [0.15, 0.2) is 6.29 Å². The number of hydrogen-bond acceptors (Lipinski definition) is 7. The van der Waals surface area contributed by atoms with Crippen LogP contribution in [0.2, 0.25) is 0 Å². The van der Waals surface area contributed by atoms with Crippen LogP contribution in [0.1, 0.15) is 11.6 Å². The molecule has 9 heteroatoms. The molecule has 0 aliphatic carbocycles. The summed E-state index contributed by atoms with van der Waals surface area (Å²) in [6.45, 7) is 1.13. The highest BCUT2D eigenvalue weighted by Crippen LogP contribution is 2.31. The molecule has 0 spiro atoms. The highest BCUT2D eigenvalue weighted by molar-refractivity contribution is 5.04. The Balaban J connectivity index is 2.52. The second kappa shape index (κ2) is 6.71. The van der Waals surface area contributed by atoms with Gasteiger partial charge in [-0.15, -0.1) is 0 Å². The summed E-state index contributed by atoms with van der Waals surface area (Å²) in [6.07, 6.45) is -2.50. The van der Waals surface area contributed by atoms with Crippen LogP contribution in [0.4, 0.5) is 0 Å². The molecule has 0 saturated carbocycles. The van der Waals surface area contributed by atoms with E-state index in [2.05, 4.69) is 4.98 Å². The van der Waals surface area contributed by atoms with Crippen LogP contribution in [0.25, 0.3) is 0 Å². The molecule has 1 fully saturated rings. The SMILES string of the molecule is COC1O[C@H](CO)[C@@H](O)[C@@H](OC)[C@@H]1n1cc(C)c(=O)[nH]c1=O. The van der Waals surface area contributed by atoms with Crippen LogP contribution in [0.15, 0.2) is 15.8 Å². The maximum atomic E-state index is 12.1. The molecule has 1 saturated heterocycles. The van der Waals surface area contributed by atoms with E-state index in [1.165, 1.54) is 25.0 Å². The highest BCUT2D eigenvalue weighted by atomic mass is 16.7. The number of aryl methyl sites for hydroxylation is 1. The summed E-state index contributed by atoms with van der Waals surface area (Å²) >= 11 is 0. The molecule has 3 N–H and O–H groups in total. The maximum Gasteiger partial charge on any atom is 0.328 e. The summed E-state index contributed by atoms with van der Waals surface area (Å²) in [5.41, 5.74) is -0.833. The number of aliphatic hydroxyl groups is 2. The minimum absolute atomic E-state index is 0.322. The standard InChI is InChI=1S/C13H20N2O7/c1-6-4-15(13(19)14-11(6)18)8-10(20-2)9(17)7(5-16)22-12(8)21-3/h4,7-10,12,16-17H,5H2,1-3H3,(H,14,18,19)/t7-,8+,9-,10+,12?/m1/s1. The van der Waals surface area contributed by atoms with Crippen molar-refractivity contribution in [2.45, 2.75) is 37.6 Å². The van der Waals surface area contributed by atoms with E-state index < -0.39 is 48.5 Å². The predicted molar refractivity (Wildman–Crippen MR) is 74.7 cm³/mol. The van der Waals surface area contributed by atoms with Gasteiger partial charge in [-0.2, -0.15) is 0 Å². The van der Waals surface area contributed by atoms with Crippen LogP contribution < -0.4 is 11.2 Å². The number of aromatic nitrogens is 2. The van der Waals surface area contributed by atoms with Crippen LogP contribution in [-0.2, 0) is 14.2 Å². The summed E-state index contributed by atoms with van der Waals surface area (Å²) in [7, 11) is 2.75. The van der Waals surface area contributed by atoms with Gasteiger partial charge in [0.1, 0.15) is 24.4 Å². The second-order valence-corrected chi connectivity index (χ2v) is 5.12. The normalized spacial score (nSPS) is 32.1. The van der Waals surface area contributed by atoms with Crippen molar-refractivity contribution < 1.29 is 24.4 Å². The zero-order valence-electron chi connectivity index (χ0n) is 12.6. The van der Waals surface area contributed by atoms with Gasteiger partial charge < -0.3 is 24.4 Å². The van der Waals surface area contributed by atoms with E-state index in [0.29, 0.717) is 5.56 Å². The van der Waals surface area contributed by atoms with Gasteiger partial charge in [0.25, 0.3) is 5.56 Å². The molecule has 1 aromatic rings. The Kier molecular flexibility index (Phi) is 5.14. The molecule has 0 aromatic carbocycles. The molecule has 9 nitrogen and oxygen atoms in total. The lowest BCUT2D eigenvalue weighted by Gasteiger charge is -2.43. The fourth-order valence-electron chi connectivity index (χ4n) is 2.62. The molecule has 5 atom stereocenters. The second-order valence-electron chi connectivity index (χ2n) is 5.12. The summed E-state index contributed by atoms with van der Waals surface area (Å²) < 4.78 is 17.2. The molecule has 22 heavy (non-hydrogen) atoms. The lowest BCUT2D eigenvalue weighted by molar-refractivity contribution is -0.277. The van der Waals surface area contributed by atoms with Crippen molar-refractivity contribution in [3.05, 3.63) is 32.6 Å². The van der Waals surface area contributed by atoms with Crippen molar-refractivity contribution in [2.24, 2.45) is 0 Å². The average Bonchev–Trinajstić information content (AvgIpc) is 2.50. The number of methoxy groups -OCH3 is 2. The average molecular weight is 316 g/mol. The monoisotopic (exact) mass is 316 g/mol. The van der Waals surface area contributed by atoms with E-state index in [4.69, 9.17) is 14.2 Å². The van der Waals surface area contributed by atoms with Crippen molar-refractivity contribution in [1.29, 1.82) is 0 Å². The van der Waals surface area contributed by atoms with Crippen molar-refractivity contribution in [3.8, 4) is 0 Å². The largest absolute Gasteiger partial charge is 0.394 e. The molecule has 0 amide bonds. The van der Waals surface area contributed by atoms with Gasteiger partial charge in [-0.05, 0) is 6.92 Å². The Morgan fingerprint density at radius 3 is 2.59 bits per heavy atom. The number of aliphatic hydroxyl groups excluding tert-OH is 2. The van der Waals surface area contributed by atoms with E-state index in [1.54, 1.807) is 6.92 Å². The van der Waals surface area contributed by atoms with E-state index in [0.717, 1.165) is 0 Å². The Labute approximate surface area is 126 Å². The van der Waals surface area contributed by atoms with Gasteiger partial charge in [-0.3, -0.25) is 14.3 Å². The van der Waals surface area contributed by atoms with E-state index in [9.17, 15) is 19.8 Å². The van der Waals surface area contributed by atoms with Gasteiger partial charge >= 0.3 is 5.69 Å². The number of ether oxygens (including phenoxy) is 3. The first-order valence-electron chi connectivity index (χ1n) is 6.76. The molecule has 0 radical (unpaired) electrons. The van der Waals surface area contributed by atoms with Crippen LogP contribution in [0.3, 0.4) is 0 Å². The minimum Gasteiger partial charge on any atom is -0.394 e. The zero-order valence-corrected chi connectivity index (χ0v) is 12.6.